The van der Waals surface area contributed by atoms with Crippen molar-refractivity contribution in [2.75, 3.05) is 32.7 Å². The topological polar surface area (TPSA) is 147 Å². The molecule has 3 aromatic carbocycles. The Morgan fingerprint density at radius 3 is 2.16 bits per heavy atom. The first-order valence-electron chi connectivity index (χ1n) is 15.6. The highest BCUT2D eigenvalue weighted by atomic mass is 32.2. The summed E-state index contributed by atoms with van der Waals surface area (Å²) >= 11 is -2.76. The van der Waals surface area contributed by atoms with Gasteiger partial charge in [0, 0.05) is 65.5 Å². The minimum Gasteiger partial charge on any atom is -0.609 e. The number of para-hydroxylation sites is 3. The monoisotopic (exact) mass is 724 g/mol. The van der Waals surface area contributed by atoms with Crippen molar-refractivity contribution in [2.24, 2.45) is 5.92 Å². The van der Waals surface area contributed by atoms with Crippen molar-refractivity contribution in [3.63, 3.8) is 0 Å². The van der Waals surface area contributed by atoms with Crippen molar-refractivity contribution >= 4 is 50.1 Å². The quantitative estimate of drug-likeness (QED) is 0.122. The summed E-state index contributed by atoms with van der Waals surface area (Å²) in [7, 11) is 5.05. The second kappa shape index (κ2) is 16.9. The van der Waals surface area contributed by atoms with Gasteiger partial charge < -0.3 is 28.2 Å². The van der Waals surface area contributed by atoms with Crippen LogP contribution >= 0.6 is 0 Å². The summed E-state index contributed by atoms with van der Waals surface area (Å²) in [5.74, 6) is 1.93. The van der Waals surface area contributed by atoms with Crippen LogP contribution in [0.2, 0.25) is 0 Å². The number of nitrogens with one attached hydrogen (secondary N) is 2. The zero-order chi connectivity index (χ0) is 35.8. The zero-order valence-corrected chi connectivity index (χ0v) is 29.8. The highest BCUT2D eigenvalue weighted by Crippen LogP contribution is 2.32. The van der Waals surface area contributed by atoms with Crippen LogP contribution in [-0.2, 0) is 33.9 Å². The summed E-state index contributed by atoms with van der Waals surface area (Å²) in [6.45, 7) is 2.44. The maximum atomic E-state index is 12.8. The maximum Gasteiger partial charge on any atom is 0.387 e. The summed E-state index contributed by atoms with van der Waals surface area (Å²) < 4.78 is 64.8. The largest absolute Gasteiger partial charge is 0.609 e. The second-order valence-electron chi connectivity index (χ2n) is 11.5. The Labute approximate surface area is 294 Å². The molecule has 0 saturated carbocycles. The lowest BCUT2D eigenvalue weighted by Gasteiger charge is -2.24. The fourth-order valence-electron chi connectivity index (χ4n) is 5.29. The number of anilines is 1. The van der Waals surface area contributed by atoms with E-state index in [9.17, 15) is 17.9 Å². The number of pyridine rings is 1. The molecular weight excluding hydrogens is 687 g/mol. The Hall–Kier alpha value is -4.57. The molecular formula is C35H38F2N6O5S2. The summed E-state index contributed by atoms with van der Waals surface area (Å²) in [5.41, 5.74) is 5.37. The van der Waals surface area contributed by atoms with E-state index in [0.717, 1.165) is 28.8 Å². The second-order valence-corrected chi connectivity index (χ2v) is 14.3. The van der Waals surface area contributed by atoms with Crippen LogP contribution in [0.15, 0.2) is 89.3 Å². The molecule has 6 aromatic rings. The molecule has 6 rings (SSSR count). The van der Waals surface area contributed by atoms with Crippen LogP contribution in [0.25, 0.3) is 22.1 Å². The third kappa shape index (κ3) is 9.15. The van der Waals surface area contributed by atoms with Crippen molar-refractivity contribution in [2.45, 2.75) is 42.3 Å². The molecule has 3 heterocycles. The first-order valence-corrected chi connectivity index (χ1v) is 18.2. The molecule has 15 heteroatoms. The van der Waals surface area contributed by atoms with Gasteiger partial charge in [0.05, 0.1) is 36.3 Å². The van der Waals surface area contributed by atoms with Crippen molar-refractivity contribution in [3.8, 4) is 17.2 Å². The highest BCUT2D eigenvalue weighted by Gasteiger charge is 2.23. The van der Waals surface area contributed by atoms with Gasteiger partial charge in [-0.25, -0.2) is 0 Å². The number of nitrogens with zero attached hydrogens (tertiary/aromatic N) is 4. The van der Waals surface area contributed by atoms with E-state index in [1.807, 2.05) is 42.5 Å². The highest BCUT2D eigenvalue weighted by molar-refractivity contribution is 7.90. The van der Waals surface area contributed by atoms with Crippen molar-refractivity contribution in [1.29, 1.82) is 0 Å². The number of aromatic amines is 2. The minimum atomic E-state index is -2.92. The Balaban J connectivity index is 0.000000195. The molecule has 264 valence electrons. The number of hydrogen-bond donors (Lipinski definition) is 2. The standard InChI is InChI=1S/C19H23N3OS.C16H15F2N3O4S/c1-14(2)12-22(3)18-11-7-4-8-15(18)13-24(23)19-20-16-9-5-6-10-17(16)21-19;1-23-13-5-6-19-12(14(13)24-2)8-26(22)16-20-10-4-3-9(25-15(17)18)7-11(10)21-16/h4-11,14H,12-13H2,1-3H3,(H,20,21);3-7,15H,8H2,1-2H3,(H,20,21). The van der Waals surface area contributed by atoms with Crippen LogP contribution in [0.1, 0.15) is 25.1 Å². The normalized spacial score (nSPS) is 12.5. The lowest BCUT2D eigenvalue weighted by atomic mass is 10.1. The Morgan fingerprint density at radius 2 is 1.48 bits per heavy atom. The molecule has 0 fully saturated rings. The van der Waals surface area contributed by atoms with Gasteiger partial charge in [0.25, 0.3) is 0 Å². The van der Waals surface area contributed by atoms with Gasteiger partial charge in [0.15, 0.2) is 17.3 Å². The fourth-order valence-corrected chi connectivity index (χ4v) is 7.39. The zero-order valence-electron chi connectivity index (χ0n) is 28.2. The van der Waals surface area contributed by atoms with E-state index in [0.29, 0.717) is 45.1 Å². The molecule has 0 radical (unpaired) electrons. The molecule has 2 unspecified atom stereocenters. The van der Waals surface area contributed by atoms with Gasteiger partial charge in [-0.2, -0.15) is 18.7 Å². The Bertz CT molecular complexity index is 1980. The smallest absolute Gasteiger partial charge is 0.387 e. The minimum absolute atomic E-state index is 0.0209. The van der Waals surface area contributed by atoms with Crippen molar-refractivity contribution in [3.05, 3.63) is 90.3 Å². The third-order valence-electron chi connectivity index (χ3n) is 7.42. The van der Waals surface area contributed by atoms with Crippen LogP contribution in [0, 0.1) is 5.92 Å². The average Bonchev–Trinajstić information content (AvgIpc) is 3.73. The molecule has 2 N–H and O–H groups in total. The number of rotatable bonds is 13. The van der Waals surface area contributed by atoms with Gasteiger partial charge in [-0.1, -0.05) is 44.2 Å². The van der Waals surface area contributed by atoms with Crippen molar-refractivity contribution in [1.82, 2.24) is 24.9 Å². The lowest BCUT2D eigenvalue weighted by Crippen LogP contribution is -2.24. The number of alkyl halides is 2. The van der Waals surface area contributed by atoms with E-state index >= 15 is 0 Å². The number of H-pyrrole nitrogens is 2. The van der Waals surface area contributed by atoms with Crippen LogP contribution in [0.3, 0.4) is 0 Å². The average molecular weight is 725 g/mol. The Kier molecular flexibility index (Phi) is 12.4. The van der Waals surface area contributed by atoms with E-state index in [1.54, 1.807) is 6.07 Å². The van der Waals surface area contributed by atoms with Crippen molar-refractivity contribution < 1.29 is 32.1 Å². The molecule has 0 aliphatic rings. The maximum absolute atomic E-state index is 12.8. The number of methoxy groups -OCH3 is 2. The molecule has 0 aliphatic carbocycles. The predicted molar refractivity (Wildman–Crippen MR) is 191 cm³/mol. The SMILES string of the molecule is CC(C)CN(C)c1ccccc1C[S+]([O-])c1nc2ccccc2[nH]1.COc1ccnc(C[S+]([O-])c2nc3cc(OC(F)F)ccc3[nH]2)c1OC. The molecule has 50 heavy (non-hydrogen) atoms. The van der Waals surface area contributed by atoms with E-state index in [4.69, 9.17) is 9.47 Å². The lowest BCUT2D eigenvalue weighted by molar-refractivity contribution is -0.0497. The molecule has 2 atom stereocenters. The van der Waals surface area contributed by atoms with Gasteiger partial charge in [-0.15, -0.1) is 0 Å². The van der Waals surface area contributed by atoms with Crippen LogP contribution in [0.5, 0.6) is 17.2 Å². The molecule has 3 aromatic heterocycles. The third-order valence-corrected chi connectivity index (χ3v) is 9.78. The summed E-state index contributed by atoms with van der Waals surface area (Å²) in [6, 6.07) is 21.8. The number of imidazole rings is 2. The van der Waals surface area contributed by atoms with Gasteiger partial charge in [-0.05, 0) is 36.2 Å². The molecule has 0 saturated heterocycles. The van der Waals surface area contributed by atoms with Crippen LogP contribution < -0.4 is 19.1 Å². The number of fused-ring (bicyclic) bond motifs is 2. The molecule has 0 amide bonds. The number of benzene rings is 3. The van der Waals surface area contributed by atoms with E-state index < -0.39 is 29.0 Å². The van der Waals surface area contributed by atoms with Crippen LogP contribution in [-0.4, -0.2) is 68.4 Å². The molecule has 11 nitrogen and oxygen atoms in total. The summed E-state index contributed by atoms with van der Waals surface area (Å²) in [4.78, 5) is 21.1. The Morgan fingerprint density at radius 1 is 0.820 bits per heavy atom. The number of hydrogen-bond acceptors (Lipinski definition) is 9. The van der Waals surface area contributed by atoms with E-state index in [1.165, 1.54) is 38.6 Å². The number of ether oxygens (including phenoxy) is 3. The van der Waals surface area contributed by atoms with Gasteiger partial charge in [0.2, 0.25) is 0 Å². The summed E-state index contributed by atoms with van der Waals surface area (Å²) in [6.07, 6.45) is 1.53. The number of halogens is 2. The molecule has 0 aliphatic heterocycles. The number of aromatic nitrogens is 5. The molecule has 0 bridgehead atoms. The van der Waals surface area contributed by atoms with E-state index in [-0.39, 0.29) is 16.7 Å². The first-order chi connectivity index (χ1) is 24.1. The predicted octanol–water partition coefficient (Wildman–Crippen LogP) is 6.85. The summed E-state index contributed by atoms with van der Waals surface area (Å²) in [5, 5.41) is 0.735. The van der Waals surface area contributed by atoms with Gasteiger partial charge >= 0.3 is 16.9 Å². The van der Waals surface area contributed by atoms with E-state index in [2.05, 4.69) is 61.5 Å². The first kappa shape index (κ1) is 36.7. The van der Waals surface area contributed by atoms with Gasteiger partial charge in [-0.3, -0.25) is 15.0 Å². The van der Waals surface area contributed by atoms with Gasteiger partial charge in [0.1, 0.15) is 17.2 Å². The fraction of sp³-hybridized carbons (Fsp3) is 0.286. The molecule has 0 spiro atoms. The van der Waals surface area contributed by atoms with Crippen LogP contribution in [0.4, 0.5) is 14.5 Å².